The molecule has 0 fully saturated rings. The van der Waals surface area contributed by atoms with Crippen LogP contribution in [0.3, 0.4) is 0 Å². The number of nitrogens with zero attached hydrogens (tertiary/aromatic N) is 1. The molecule has 0 saturated carbocycles. The Morgan fingerprint density at radius 2 is 2.40 bits per heavy atom. The molecule has 0 amide bonds. The molecule has 0 atom stereocenters. The van der Waals surface area contributed by atoms with Gasteiger partial charge in [0, 0.05) is 16.8 Å². The Morgan fingerprint density at radius 3 is 3.20 bits per heavy atom. The van der Waals surface area contributed by atoms with E-state index < -0.39 is 0 Å². The first-order chi connectivity index (χ1) is 4.47. The fourth-order valence-corrected chi connectivity index (χ4v) is 0.752. The van der Waals surface area contributed by atoms with Crippen LogP contribution < -0.4 is 0 Å². The Bertz CT molecular complexity index is 288. The van der Waals surface area contributed by atoms with Crippen LogP contribution in [-0.4, -0.2) is 4.98 Å². The van der Waals surface area contributed by atoms with Crippen LogP contribution in [-0.2, 0) is 16.8 Å². The van der Waals surface area contributed by atoms with Crippen LogP contribution in [0.1, 0.15) is 0 Å². The van der Waals surface area contributed by atoms with Crippen LogP contribution in [0, 0.1) is 6.07 Å². The summed E-state index contributed by atoms with van der Waals surface area (Å²) >= 11 is 0. The average Bonchev–Trinajstić information content (AvgIpc) is 2.33. The number of hydrogen-bond acceptors (Lipinski definition) is 2. The summed E-state index contributed by atoms with van der Waals surface area (Å²) in [5.74, 6) is 0. The molecule has 1 radical (unpaired) electrons. The monoisotopic (exact) mass is 177 g/mol. The van der Waals surface area contributed by atoms with Crippen molar-refractivity contribution in [2.45, 2.75) is 0 Å². The maximum Gasteiger partial charge on any atom is 0.0694 e. The predicted octanol–water partition coefficient (Wildman–Crippen LogP) is 1.63. The van der Waals surface area contributed by atoms with Gasteiger partial charge in [0.2, 0.25) is 0 Å². The van der Waals surface area contributed by atoms with E-state index in [1.807, 2.05) is 6.07 Å². The Labute approximate surface area is 68.4 Å². The van der Waals surface area contributed by atoms with Gasteiger partial charge in [0.05, 0.1) is 6.26 Å². The van der Waals surface area contributed by atoms with Gasteiger partial charge in [-0.2, -0.15) is 6.07 Å². The molecule has 0 N–H and O–H groups in total. The third kappa shape index (κ3) is 1.05. The first-order valence-electron chi connectivity index (χ1n) is 2.66. The smallest absolute Gasteiger partial charge is 0.0694 e. The molecule has 0 bridgehead atoms. The van der Waals surface area contributed by atoms with Crippen LogP contribution in [0.2, 0.25) is 0 Å². The van der Waals surface area contributed by atoms with Gasteiger partial charge >= 0.3 is 0 Å². The van der Waals surface area contributed by atoms with Gasteiger partial charge in [0.25, 0.3) is 0 Å². The number of furan rings is 1. The van der Waals surface area contributed by atoms with E-state index in [2.05, 4.69) is 11.1 Å². The molecule has 0 saturated heterocycles. The maximum absolute atomic E-state index is 5.02. The molecule has 0 aliphatic carbocycles. The minimum absolute atomic E-state index is 0. The van der Waals surface area contributed by atoms with Crippen molar-refractivity contribution in [3.05, 3.63) is 30.8 Å². The van der Waals surface area contributed by atoms with E-state index in [0.717, 1.165) is 11.0 Å². The summed E-state index contributed by atoms with van der Waals surface area (Å²) in [6.45, 7) is 0. The molecule has 2 aromatic heterocycles. The zero-order valence-corrected chi connectivity index (χ0v) is 6.04. The normalized spacial score (nSPS) is 9.20. The summed E-state index contributed by atoms with van der Waals surface area (Å²) in [5, 5.41) is 0.998. The largest absolute Gasteiger partial charge is 0.504 e. The average molecular weight is 177 g/mol. The molecular formula is C7H4CoNO-. The Balaban J connectivity index is 0.000000500. The van der Waals surface area contributed by atoms with Gasteiger partial charge in [-0.05, 0) is 11.8 Å². The van der Waals surface area contributed by atoms with E-state index in [4.69, 9.17) is 4.42 Å². The van der Waals surface area contributed by atoms with Crippen molar-refractivity contribution < 1.29 is 21.2 Å². The van der Waals surface area contributed by atoms with E-state index in [1.165, 1.54) is 0 Å². The molecule has 0 aromatic carbocycles. The van der Waals surface area contributed by atoms with Gasteiger partial charge in [0.15, 0.2) is 0 Å². The summed E-state index contributed by atoms with van der Waals surface area (Å²) < 4.78 is 5.02. The molecule has 53 valence electrons. The molecule has 0 unspecified atom stereocenters. The SMILES string of the molecule is [Co].[c-]1cncc2ccoc12. The predicted molar refractivity (Wildman–Crippen MR) is 32.8 cm³/mol. The van der Waals surface area contributed by atoms with Crippen LogP contribution in [0.5, 0.6) is 0 Å². The van der Waals surface area contributed by atoms with E-state index in [0.29, 0.717) is 0 Å². The summed E-state index contributed by atoms with van der Waals surface area (Å²) in [6.07, 6.45) is 4.96. The quantitative estimate of drug-likeness (QED) is 0.571. The second kappa shape index (κ2) is 2.85. The van der Waals surface area contributed by atoms with Crippen molar-refractivity contribution >= 4 is 11.0 Å². The second-order valence-corrected chi connectivity index (χ2v) is 1.76. The minimum atomic E-state index is 0. The first-order valence-corrected chi connectivity index (χ1v) is 2.66. The third-order valence-electron chi connectivity index (χ3n) is 1.18. The third-order valence-corrected chi connectivity index (χ3v) is 1.18. The van der Waals surface area contributed by atoms with E-state index >= 15 is 0 Å². The Kier molecular flexibility index (Phi) is 2.08. The van der Waals surface area contributed by atoms with Crippen molar-refractivity contribution in [1.82, 2.24) is 4.98 Å². The summed E-state index contributed by atoms with van der Waals surface area (Å²) in [4.78, 5) is 3.87. The van der Waals surface area contributed by atoms with Crippen LogP contribution >= 0.6 is 0 Å². The van der Waals surface area contributed by atoms with Gasteiger partial charge in [0.1, 0.15) is 0 Å². The molecule has 0 aliphatic heterocycles. The van der Waals surface area contributed by atoms with E-state index in [9.17, 15) is 0 Å². The molecule has 2 aromatic rings. The van der Waals surface area contributed by atoms with Crippen LogP contribution in [0.15, 0.2) is 29.1 Å². The standard InChI is InChI=1S/C7H4NO.Co/c1-3-8-5-6-2-4-9-7(1)6;/h2-5H;/q-1;. The molecular weight excluding hydrogens is 173 g/mol. The Morgan fingerprint density at radius 1 is 1.50 bits per heavy atom. The van der Waals surface area contributed by atoms with Crippen molar-refractivity contribution in [1.29, 1.82) is 0 Å². The van der Waals surface area contributed by atoms with E-state index in [1.54, 1.807) is 18.7 Å². The van der Waals surface area contributed by atoms with Crippen molar-refractivity contribution in [2.24, 2.45) is 0 Å². The van der Waals surface area contributed by atoms with Gasteiger partial charge in [-0.1, -0.05) is 12.3 Å². The maximum atomic E-state index is 5.02. The zero-order chi connectivity index (χ0) is 6.10. The number of hydrogen-bond donors (Lipinski definition) is 0. The fourth-order valence-electron chi connectivity index (χ4n) is 0.752. The number of pyridine rings is 1. The van der Waals surface area contributed by atoms with Crippen molar-refractivity contribution in [3.8, 4) is 0 Å². The van der Waals surface area contributed by atoms with Crippen LogP contribution in [0.4, 0.5) is 0 Å². The van der Waals surface area contributed by atoms with E-state index in [-0.39, 0.29) is 16.8 Å². The van der Waals surface area contributed by atoms with Gasteiger partial charge < -0.3 is 9.40 Å². The van der Waals surface area contributed by atoms with Gasteiger partial charge in [-0.3, -0.25) is 0 Å². The van der Waals surface area contributed by atoms with Crippen molar-refractivity contribution in [2.75, 3.05) is 0 Å². The van der Waals surface area contributed by atoms with Gasteiger partial charge in [-0.25, -0.2) is 0 Å². The molecule has 3 heteroatoms. The summed E-state index contributed by atoms with van der Waals surface area (Å²) in [7, 11) is 0. The molecule has 0 spiro atoms. The number of rotatable bonds is 0. The number of aromatic nitrogens is 1. The van der Waals surface area contributed by atoms with Gasteiger partial charge in [-0.15, -0.1) is 5.39 Å². The van der Waals surface area contributed by atoms with Crippen LogP contribution in [0.25, 0.3) is 11.0 Å². The molecule has 10 heavy (non-hydrogen) atoms. The second-order valence-electron chi connectivity index (χ2n) is 1.76. The minimum Gasteiger partial charge on any atom is -0.504 e. The topological polar surface area (TPSA) is 26.0 Å². The molecule has 2 heterocycles. The fraction of sp³-hybridized carbons (Fsp3) is 0. The van der Waals surface area contributed by atoms with Crippen molar-refractivity contribution in [3.63, 3.8) is 0 Å². The zero-order valence-electron chi connectivity index (χ0n) is 5.00. The first kappa shape index (κ1) is 7.31. The molecule has 2 nitrogen and oxygen atoms in total. The summed E-state index contributed by atoms with van der Waals surface area (Å²) in [6, 6.07) is 4.71. The Hall–Kier alpha value is -0.804. The summed E-state index contributed by atoms with van der Waals surface area (Å²) in [5.41, 5.74) is 0.769. The number of fused-ring (bicyclic) bond motifs is 1. The molecule has 2 rings (SSSR count). The molecule has 0 aliphatic rings.